The molecule has 1 aromatic heterocycles. The third-order valence-electron chi connectivity index (χ3n) is 5.29. The van der Waals surface area contributed by atoms with Gasteiger partial charge in [0.15, 0.2) is 0 Å². The van der Waals surface area contributed by atoms with Crippen molar-refractivity contribution in [3.05, 3.63) is 59.4 Å². The number of carbonyl (C=O) groups is 2. The summed E-state index contributed by atoms with van der Waals surface area (Å²) in [7, 11) is 1.58. The molecule has 1 fully saturated rings. The van der Waals surface area contributed by atoms with Gasteiger partial charge in [0.25, 0.3) is 5.91 Å². The molecule has 0 bridgehead atoms. The van der Waals surface area contributed by atoms with Crippen molar-refractivity contribution < 1.29 is 19.4 Å². The van der Waals surface area contributed by atoms with Crippen LogP contribution in [0.2, 0.25) is 0 Å². The highest BCUT2D eigenvalue weighted by molar-refractivity contribution is 5.98. The number of aromatic nitrogens is 1. The number of hydrogen-bond donors (Lipinski definition) is 4. The van der Waals surface area contributed by atoms with Crippen molar-refractivity contribution in [1.29, 1.82) is 5.41 Å². The van der Waals surface area contributed by atoms with Gasteiger partial charge in [0.05, 0.1) is 13.2 Å². The van der Waals surface area contributed by atoms with E-state index >= 15 is 0 Å². The van der Waals surface area contributed by atoms with Crippen LogP contribution in [0.3, 0.4) is 0 Å². The topological polar surface area (TPSA) is 142 Å². The Bertz CT molecular complexity index is 922. The number of ether oxygens (including phenoxy) is 1. The van der Waals surface area contributed by atoms with Crippen LogP contribution in [0, 0.1) is 5.41 Å². The highest BCUT2D eigenvalue weighted by Gasteiger charge is 2.29. The molecule has 1 unspecified atom stereocenters. The summed E-state index contributed by atoms with van der Waals surface area (Å²) in [4.78, 5) is 31.7. The number of nitrogen functional groups attached to an aromatic ring is 1. The summed E-state index contributed by atoms with van der Waals surface area (Å²) in [5.41, 5.74) is 6.84. The first-order valence-electron chi connectivity index (χ1n) is 10.1. The number of nitrogens with one attached hydrogen (secondary N) is 2. The number of amidine groups is 1. The number of amides is 2. The lowest BCUT2D eigenvalue weighted by molar-refractivity contribution is -0.135. The van der Waals surface area contributed by atoms with Crippen LogP contribution < -0.4 is 15.8 Å². The average molecular weight is 425 g/mol. The predicted octanol–water partition coefficient (Wildman–Crippen LogP) is 0.699. The quantitative estimate of drug-likeness (QED) is 0.380. The Balaban J connectivity index is 1.77. The maximum Gasteiger partial charge on any atom is 0.270 e. The van der Waals surface area contributed by atoms with Gasteiger partial charge in [-0.2, -0.15) is 0 Å². The maximum atomic E-state index is 13.2. The number of hydrogen-bond acceptors (Lipinski definition) is 6. The third kappa shape index (κ3) is 5.79. The van der Waals surface area contributed by atoms with Crippen LogP contribution in [0.15, 0.2) is 42.6 Å². The van der Waals surface area contributed by atoms with Gasteiger partial charge in [0, 0.05) is 31.3 Å². The number of likely N-dealkylation sites (tertiary alicyclic amines) is 1. The summed E-state index contributed by atoms with van der Waals surface area (Å²) in [5, 5.41) is 20.0. The molecule has 3 rings (SSSR count). The molecule has 1 aliphatic rings. The Morgan fingerprint density at radius 2 is 1.94 bits per heavy atom. The molecule has 1 atom stereocenters. The number of nitrogens with zero attached hydrogens (tertiary/aromatic N) is 2. The van der Waals surface area contributed by atoms with E-state index in [1.54, 1.807) is 24.1 Å². The number of aliphatic hydroxyl groups excluding tert-OH is 1. The van der Waals surface area contributed by atoms with Gasteiger partial charge in [0.1, 0.15) is 23.3 Å². The first-order valence-corrected chi connectivity index (χ1v) is 10.1. The number of nitrogens with two attached hydrogens (primary N) is 1. The van der Waals surface area contributed by atoms with Crippen molar-refractivity contribution in [2.24, 2.45) is 5.73 Å². The van der Waals surface area contributed by atoms with Crippen molar-refractivity contribution in [3.8, 4) is 5.75 Å². The number of carbonyl (C=O) groups excluding carboxylic acids is 2. The molecule has 0 radical (unpaired) electrons. The van der Waals surface area contributed by atoms with E-state index in [2.05, 4.69) is 10.3 Å². The summed E-state index contributed by atoms with van der Waals surface area (Å²) in [6.07, 6.45) is 2.29. The molecule has 2 aromatic rings. The van der Waals surface area contributed by atoms with E-state index in [0.29, 0.717) is 43.7 Å². The van der Waals surface area contributed by atoms with Crippen molar-refractivity contribution in [3.63, 3.8) is 0 Å². The molecular weight excluding hydrogens is 398 g/mol. The molecule has 2 amide bonds. The fourth-order valence-electron chi connectivity index (χ4n) is 3.42. The zero-order chi connectivity index (χ0) is 22.4. The van der Waals surface area contributed by atoms with Gasteiger partial charge in [-0.15, -0.1) is 0 Å². The molecule has 31 heavy (non-hydrogen) atoms. The van der Waals surface area contributed by atoms with Crippen molar-refractivity contribution in [1.82, 2.24) is 15.2 Å². The Morgan fingerprint density at radius 1 is 1.26 bits per heavy atom. The largest absolute Gasteiger partial charge is 0.497 e. The van der Waals surface area contributed by atoms with Gasteiger partial charge >= 0.3 is 0 Å². The molecule has 9 heteroatoms. The summed E-state index contributed by atoms with van der Waals surface area (Å²) >= 11 is 0. The zero-order valence-corrected chi connectivity index (χ0v) is 17.4. The van der Waals surface area contributed by atoms with Gasteiger partial charge in [-0.05, 0) is 42.7 Å². The summed E-state index contributed by atoms with van der Waals surface area (Å²) in [5.74, 6) is -0.120. The lowest BCUT2D eigenvalue weighted by Crippen LogP contribution is -2.52. The van der Waals surface area contributed by atoms with Crippen LogP contribution in [-0.4, -0.2) is 65.0 Å². The number of piperidine rings is 1. The number of rotatable bonds is 7. The molecule has 9 nitrogen and oxygen atoms in total. The van der Waals surface area contributed by atoms with Crippen molar-refractivity contribution in [2.75, 3.05) is 20.2 Å². The molecule has 1 aliphatic heterocycles. The van der Waals surface area contributed by atoms with E-state index in [-0.39, 0.29) is 17.4 Å². The Hall–Kier alpha value is -3.46. The summed E-state index contributed by atoms with van der Waals surface area (Å²) < 4.78 is 5.17. The van der Waals surface area contributed by atoms with Gasteiger partial charge in [-0.3, -0.25) is 20.0 Å². The second kappa shape index (κ2) is 10.0. The third-order valence-corrected chi connectivity index (χ3v) is 5.29. The van der Waals surface area contributed by atoms with E-state index in [0.717, 1.165) is 5.56 Å². The van der Waals surface area contributed by atoms with E-state index in [4.69, 9.17) is 15.9 Å². The minimum absolute atomic E-state index is 0.131. The maximum absolute atomic E-state index is 13.2. The van der Waals surface area contributed by atoms with Gasteiger partial charge in [0.2, 0.25) is 5.91 Å². The van der Waals surface area contributed by atoms with E-state index in [1.807, 2.05) is 12.1 Å². The van der Waals surface area contributed by atoms with Gasteiger partial charge in [-0.25, -0.2) is 0 Å². The van der Waals surface area contributed by atoms with Crippen LogP contribution in [0.1, 0.15) is 34.5 Å². The number of pyridine rings is 1. The molecule has 0 saturated carbocycles. The molecule has 2 heterocycles. The number of methoxy groups -OCH3 is 1. The van der Waals surface area contributed by atoms with Crippen molar-refractivity contribution >= 4 is 17.6 Å². The fraction of sp³-hybridized carbons (Fsp3) is 0.364. The van der Waals surface area contributed by atoms with Crippen LogP contribution in [-0.2, 0) is 11.2 Å². The second-order valence-electron chi connectivity index (χ2n) is 7.48. The highest BCUT2D eigenvalue weighted by Crippen LogP contribution is 2.16. The molecule has 0 aliphatic carbocycles. The van der Waals surface area contributed by atoms with Gasteiger partial charge in [-0.1, -0.05) is 12.1 Å². The van der Waals surface area contributed by atoms with Crippen LogP contribution in [0.4, 0.5) is 0 Å². The fourth-order valence-corrected chi connectivity index (χ4v) is 3.42. The predicted molar refractivity (Wildman–Crippen MR) is 115 cm³/mol. The second-order valence-corrected chi connectivity index (χ2v) is 7.48. The summed E-state index contributed by atoms with van der Waals surface area (Å²) in [6.45, 7) is 0.890. The van der Waals surface area contributed by atoms with E-state index in [9.17, 15) is 14.7 Å². The molecule has 0 spiro atoms. The van der Waals surface area contributed by atoms with Crippen LogP contribution >= 0.6 is 0 Å². The van der Waals surface area contributed by atoms with Gasteiger partial charge < -0.3 is 25.8 Å². The molecule has 1 aromatic carbocycles. The SMILES string of the molecule is COc1ccc(CC(NC(=O)c2ccc(C(=N)N)cn2)C(=O)N2CCC(O)CC2)cc1. The lowest BCUT2D eigenvalue weighted by Gasteiger charge is -2.32. The smallest absolute Gasteiger partial charge is 0.270 e. The summed E-state index contributed by atoms with van der Waals surface area (Å²) in [6, 6.07) is 9.53. The van der Waals surface area contributed by atoms with Crippen molar-refractivity contribution in [2.45, 2.75) is 31.4 Å². The van der Waals surface area contributed by atoms with Crippen LogP contribution in [0.5, 0.6) is 5.75 Å². The standard InChI is InChI=1S/C22H27N5O4/c1-31-17-5-2-14(3-6-17)12-19(22(30)27-10-8-16(28)9-11-27)26-21(29)18-7-4-15(13-25-18)20(23)24/h2-7,13,16,19,28H,8-12H2,1H3,(H3,23,24)(H,26,29). The number of aliphatic hydroxyl groups is 1. The first kappa shape index (κ1) is 22.2. The molecule has 1 saturated heterocycles. The normalized spacial score (nSPS) is 15.2. The van der Waals surface area contributed by atoms with E-state index < -0.39 is 18.1 Å². The monoisotopic (exact) mass is 425 g/mol. The minimum atomic E-state index is -0.787. The van der Waals surface area contributed by atoms with Crippen LogP contribution in [0.25, 0.3) is 0 Å². The molecular formula is C22H27N5O4. The average Bonchev–Trinajstić information content (AvgIpc) is 2.79. The Labute approximate surface area is 180 Å². The highest BCUT2D eigenvalue weighted by atomic mass is 16.5. The minimum Gasteiger partial charge on any atom is -0.497 e. The molecule has 5 N–H and O–H groups in total. The lowest BCUT2D eigenvalue weighted by atomic mass is 10.0. The van der Waals surface area contributed by atoms with E-state index in [1.165, 1.54) is 18.3 Å². The molecule has 164 valence electrons. The zero-order valence-electron chi connectivity index (χ0n) is 17.4. The Kier molecular flexibility index (Phi) is 7.19. The number of benzene rings is 1. The Morgan fingerprint density at radius 3 is 2.48 bits per heavy atom. The first-order chi connectivity index (χ1) is 14.9.